The summed E-state index contributed by atoms with van der Waals surface area (Å²) in [4.78, 5) is 10.4. The third-order valence-electron chi connectivity index (χ3n) is 9.07. The van der Waals surface area contributed by atoms with Crippen molar-refractivity contribution in [3.8, 4) is 67.3 Å². The zero-order chi connectivity index (χ0) is 32.6. The summed E-state index contributed by atoms with van der Waals surface area (Å²) in [6.07, 6.45) is 0. The van der Waals surface area contributed by atoms with E-state index in [0.29, 0.717) is 5.82 Å². The van der Waals surface area contributed by atoms with Crippen LogP contribution in [0, 0.1) is 0 Å². The van der Waals surface area contributed by atoms with Crippen LogP contribution in [0.4, 0.5) is 0 Å². The predicted molar refractivity (Wildman–Crippen MR) is 208 cm³/mol. The van der Waals surface area contributed by atoms with Crippen LogP contribution in [-0.2, 0) is 0 Å². The van der Waals surface area contributed by atoms with Gasteiger partial charge in [-0.3, -0.25) is 0 Å². The van der Waals surface area contributed by atoms with Crippen LogP contribution in [0.3, 0.4) is 0 Å². The molecule has 2 heterocycles. The SMILES string of the molecule is c1ccc(-c2cc(-c3ccc4sc5ccccc5c4c3)cc(-c3cc(-c4ccccc4)nc(-c4cccc(-c5ccccc5)c4)n3)c2)cc1. The van der Waals surface area contributed by atoms with Gasteiger partial charge < -0.3 is 0 Å². The fourth-order valence-corrected chi connectivity index (χ4v) is 7.68. The highest BCUT2D eigenvalue weighted by Crippen LogP contribution is 2.39. The molecule has 0 fully saturated rings. The molecule has 2 aromatic heterocycles. The van der Waals surface area contributed by atoms with Gasteiger partial charge in [-0.1, -0.05) is 133 Å². The molecule has 0 N–H and O–H groups in total. The van der Waals surface area contributed by atoms with E-state index < -0.39 is 0 Å². The lowest BCUT2D eigenvalue weighted by molar-refractivity contribution is 1.18. The van der Waals surface area contributed by atoms with Crippen molar-refractivity contribution in [2.24, 2.45) is 0 Å². The first-order chi connectivity index (χ1) is 24.2. The molecule has 0 aliphatic carbocycles. The Bertz CT molecular complexity index is 2590. The Morgan fingerprint density at radius 2 is 0.776 bits per heavy atom. The normalized spacial score (nSPS) is 11.3. The molecule has 0 unspecified atom stereocenters. The number of rotatable bonds is 6. The number of thiophene rings is 1. The minimum absolute atomic E-state index is 0.701. The maximum absolute atomic E-state index is 5.28. The fraction of sp³-hybridized carbons (Fsp3) is 0. The van der Waals surface area contributed by atoms with Crippen LogP contribution in [0.15, 0.2) is 182 Å². The summed E-state index contributed by atoms with van der Waals surface area (Å²) in [7, 11) is 0. The van der Waals surface area contributed by atoms with Gasteiger partial charge in [-0.15, -0.1) is 11.3 Å². The Kier molecular flexibility index (Phi) is 7.38. The third kappa shape index (κ3) is 5.71. The van der Waals surface area contributed by atoms with Crippen LogP contribution in [0.2, 0.25) is 0 Å². The van der Waals surface area contributed by atoms with Gasteiger partial charge in [0.1, 0.15) is 0 Å². The molecule has 7 aromatic carbocycles. The zero-order valence-corrected chi connectivity index (χ0v) is 27.4. The number of nitrogens with zero attached hydrogens (tertiary/aromatic N) is 2. The van der Waals surface area contributed by atoms with Gasteiger partial charge in [-0.2, -0.15) is 0 Å². The first-order valence-corrected chi connectivity index (χ1v) is 17.3. The summed E-state index contributed by atoms with van der Waals surface area (Å²) in [5.74, 6) is 0.701. The number of hydrogen-bond acceptors (Lipinski definition) is 3. The first-order valence-electron chi connectivity index (χ1n) is 16.5. The Morgan fingerprint density at radius 3 is 1.51 bits per heavy atom. The van der Waals surface area contributed by atoms with Gasteiger partial charge in [0.2, 0.25) is 0 Å². The molecule has 230 valence electrons. The summed E-state index contributed by atoms with van der Waals surface area (Å²) in [6.45, 7) is 0. The van der Waals surface area contributed by atoms with Crippen LogP contribution in [-0.4, -0.2) is 9.97 Å². The van der Waals surface area contributed by atoms with E-state index in [4.69, 9.17) is 9.97 Å². The zero-order valence-electron chi connectivity index (χ0n) is 26.6. The average molecular weight is 643 g/mol. The quantitative estimate of drug-likeness (QED) is 0.180. The lowest BCUT2D eigenvalue weighted by atomic mass is 9.94. The summed E-state index contributed by atoms with van der Waals surface area (Å²) in [6, 6.07) is 64.5. The Morgan fingerprint density at radius 1 is 0.286 bits per heavy atom. The molecule has 9 rings (SSSR count). The molecule has 3 heteroatoms. The lowest BCUT2D eigenvalue weighted by Crippen LogP contribution is -1.97. The average Bonchev–Trinajstić information content (AvgIpc) is 3.57. The number of benzene rings is 7. The van der Waals surface area contributed by atoms with Gasteiger partial charge in [0.15, 0.2) is 5.82 Å². The van der Waals surface area contributed by atoms with Crippen molar-refractivity contribution in [2.75, 3.05) is 0 Å². The van der Waals surface area contributed by atoms with Crippen molar-refractivity contribution in [1.29, 1.82) is 0 Å². The number of hydrogen-bond donors (Lipinski definition) is 0. The molecule has 0 bridgehead atoms. The molecular weight excluding hydrogens is 613 g/mol. The van der Waals surface area contributed by atoms with E-state index in [1.807, 2.05) is 23.5 Å². The Labute approximate surface area is 289 Å². The predicted octanol–water partition coefficient (Wildman–Crippen LogP) is 12.8. The van der Waals surface area contributed by atoms with E-state index in [2.05, 4.69) is 170 Å². The van der Waals surface area contributed by atoms with Gasteiger partial charge >= 0.3 is 0 Å². The summed E-state index contributed by atoms with van der Waals surface area (Å²) < 4.78 is 2.61. The van der Waals surface area contributed by atoms with Crippen molar-refractivity contribution >= 4 is 31.5 Å². The van der Waals surface area contributed by atoms with E-state index in [9.17, 15) is 0 Å². The van der Waals surface area contributed by atoms with Crippen LogP contribution in [0.5, 0.6) is 0 Å². The van der Waals surface area contributed by atoms with Crippen LogP contribution < -0.4 is 0 Å². The fourth-order valence-electron chi connectivity index (χ4n) is 6.59. The molecule has 0 saturated carbocycles. The van der Waals surface area contributed by atoms with Crippen molar-refractivity contribution in [2.45, 2.75) is 0 Å². The molecule has 0 aliphatic rings. The Hall–Kier alpha value is -6.16. The second-order valence-electron chi connectivity index (χ2n) is 12.2. The highest BCUT2D eigenvalue weighted by Gasteiger charge is 2.15. The van der Waals surface area contributed by atoms with E-state index in [-0.39, 0.29) is 0 Å². The first kappa shape index (κ1) is 29.0. The van der Waals surface area contributed by atoms with Crippen molar-refractivity contribution in [3.05, 3.63) is 182 Å². The van der Waals surface area contributed by atoms with Gasteiger partial charge in [-0.25, -0.2) is 9.97 Å². The largest absolute Gasteiger partial charge is 0.228 e. The van der Waals surface area contributed by atoms with Crippen LogP contribution in [0.1, 0.15) is 0 Å². The van der Waals surface area contributed by atoms with Crippen LogP contribution in [0.25, 0.3) is 87.5 Å². The standard InChI is InChI=1S/C46H30N2S/c1-4-13-31(14-5-1)34-19-12-20-36(25-34)46-47-42(33-17-8-3-9-18-33)30-43(48-46)39-27-37(32-15-6-2-7-16-32)26-38(28-39)35-23-24-45-41(29-35)40-21-10-11-22-44(40)49-45/h1-30H. The van der Waals surface area contributed by atoms with Gasteiger partial charge in [-0.05, 0) is 81.9 Å². The van der Waals surface area contributed by atoms with E-state index in [1.54, 1.807) is 0 Å². The molecule has 49 heavy (non-hydrogen) atoms. The molecule has 9 aromatic rings. The molecule has 0 spiro atoms. The minimum atomic E-state index is 0.701. The summed E-state index contributed by atoms with van der Waals surface area (Å²) in [5, 5.41) is 2.59. The highest BCUT2D eigenvalue weighted by atomic mass is 32.1. The third-order valence-corrected chi connectivity index (χ3v) is 10.2. The molecule has 0 aliphatic heterocycles. The second-order valence-corrected chi connectivity index (χ2v) is 13.3. The number of fused-ring (bicyclic) bond motifs is 3. The lowest BCUT2D eigenvalue weighted by Gasteiger charge is -2.14. The molecular formula is C46H30N2S. The van der Waals surface area contributed by atoms with E-state index in [1.165, 1.54) is 36.9 Å². The van der Waals surface area contributed by atoms with Gasteiger partial charge in [0.05, 0.1) is 11.4 Å². The Balaban J connectivity index is 1.25. The van der Waals surface area contributed by atoms with Crippen molar-refractivity contribution < 1.29 is 0 Å². The monoisotopic (exact) mass is 642 g/mol. The van der Waals surface area contributed by atoms with Gasteiger partial charge in [0, 0.05) is 36.9 Å². The summed E-state index contributed by atoms with van der Waals surface area (Å²) >= 11 is 1.85. The highest BCUT2D eigenvalue weighted by molar-refractivity contribution is 7.25. The molecule has 0 saturated heterocycles. The van der Waals surface area contributed by atoms with E-state index in [0.717, 1.165) is 44.8 Å². The smallest absolute Gasteiger partial charge is 0.160 e. The van der Waals surface area contributed by atoms with Crippen molar-refractivity contribution in [1.82, 2.24) is 9.97 Å². The van der Waals surface area contributed by atoms with Crippen LogP contribution >= 0.6 is 11.3 Å². The second kappa shape index (κ2) is 12.5. The van der Waals surface area contributed by atoms with E-state index >= 15 is 0 Å². The number of aromatic nitrogens is 2. The maximum atomic E-state index is 5.28. The molecule has 0 radical (unpaired) electrons. The molecule has 2 nitrogen and oxygen atoms in total. The van der Waals surface area contributed by atoms with Crippen molar-refractivity contribution in [3.63, 3.8) is 0 Å². The van der Waals surface area contributed by atoms with Gasteiger partial charge in [0.25, 0.3) is 0 Å². The summed E-state index contributed by atoms with van der Waals surface area (Å²) in [5.41, 5.74) is 11.8. The molecule has 0 atom stereocenters. The molecule has 0 amide bonds. The topological polar surface area (TPSA) is 25.8 Å². The maximum Gasteiger partial charge on any atom is 0.160 e. The minimum Gasteiger partial charge on any atom is -0.228 e.